The number of nitrogens with one attached hydrogen (secondary N) is 2. The number of ether oxygens (including phenoxy) is 1. The summed E-state index contributed by atoms with van der Waals surface area (Å²) in [6, 6.07) is 0.123. The maximum Gasteiger partial charge on any atom is 0.240 e. The van der Waals surface area contributed by atoms with E-state index in [1.807, 2.05) is 6.92 Å². The fourth-order valence-corrected chi connectivity index (χ4v) is 2.06. The molecule has 1 rings (SSSR count). The van der Waals surface area contributed by atoms with E-state index in [1.165, 1.54) is 0 Å². The molecule has 1 aliphatic heterocycles. The van der Waals surface area contributed by atoms with Crippen molar-refractivity contribution >= 4 is 5.91 Å². The van der Waals surface area contributed by atoms with E-state index in [0.717, 1.165) is 32.2 Å². The van der Waals surface area contributed by atoms with Crippen LogP contribution in [0.15, 0.2) is 0 Å². The molecule has 2 N–H and O–H groups in total. The van der Waals surface area contributed by atoms with Gasteiger partial charge >= 0.3 is 0 Å². The smallest absolute Gasteiger partial charge is 0.240 e. The van der Waals surface area contributed by atoms with Crippen molar-refractivity contribution in [2.75, 3.05) is 20.3 Å². The second kappa shape index (κ2) is 6.21. The molecule has 16 heavy (non-hydrogen) atoms. The number of hydrogen-bond acceptors (Lipinski definition) is 3. The van der Waals surface area contributed by atoms with Crippen LogP contribution in [0.2, 0.25) is 0 Å². The van der Waals surface area contributed by atoms with E-state index < -0.39 is 0 Å². The Morgan fingerprint density at radius 2 is 2.31 bits per heavy atom. The van der Waals surface area contributed by atoms with Crippen molar-refractivity contribution < 1.29 is 9.53 Å². The zero-order valence-electron chi connectivity index (χ0n) is 10.6. The predicted molar refractivity (Wildman–Crippen MR) is 64.4 cm³/mol. The van der Waals surface area contributed by atoms with Crippen molar-refractivity contribution in [3.8, 4) is 0 Å². The molecule has 1 heterocycles. The summed E-state index contributed by atoms with van der Waals surface area (Å²) in [6.07, 6.45) is 4.11. The maximum atomic E-state index is 12.1. The van der Waals surface area contributed by atoms with Crippen molar-refractivity contribution in [3.05, 3.63) is 0 Å². The molecule has 4 heteroatoms. The fraction of sp³-hybridized carbons (Fsp3) is 0.917. The number of methoxy groups -OCH3 is 1. The first-order valence-electron chi connectivity index (χ1n) is 6.17. The SMILES string of the molecule is CCC(COC)NC(=O)C1(C)CCCCN1. The van der Waals surface area contributed by atoms with Gasteiger partial charge in [0.05, 0.1) is 18.2 Å². The molecule has 2 atom stereocenters. The molecule has 0 aliphatic carbocycles. The maximum absolute atomic E-state index is 12.1. The molecule has 0 spiro atoms. The molecule has 0 aromatic heterocycles. The van der Waals surface area contributed by atoms with E-state index >= 15 is 0 Å². The van der Waals surface area contributed by atoms with Crippen LogP contribution in [0, 0.1) is 0 Å². The zero-order valence-corrected chi connectivity index (χ0v) is 10.6. The minimum Gasteiger partial charge on any atom is -0.383 e. The number of piperidine rings is 1. The Morgan fingerprint density at radius 3 is 2.81 bits per heavy atom. The first-order valence-corrected chi connectivity index (χ1v) is 6.17. The summed E-state index contributed by atoms with van der Waals surface area (Å²) in [4.78, 5) is 12.1. The summed E-state index contributed by atoms with van der Waals surface area (Å²) >= 11 is 0. The van der Waals surface area contributed by atoms with Crippen LogP contribution in [0.25, 0.3) is 0 Å². The standard InChI is InChI=1S/C12H24N2O2/c1-4-10(9-16-3)14-11(15)12(2)7-5-6-8-13-12/h10,13H,4-9H2,1-3H3,(H,14,15). The molecule has 0 aromatic carbocycles. The normalized spacial score (nSPS) is 27.4. The highest BCUT2D eigenvalue weighted by Crippen LogP contribution is 2.19. The molecular weight excluding hydrogens is 204 g/mol. The molecule has 1 fully saturated rings. The van der Waals surface area contributed by atoms with Gasteiger partial charge in [0, 0.05) is 7.11 Å². The lowest BCUT2D eigenvalue weighted by Crippen LogP contribution is -2.59. The third-order valence-electron chi connectivity index (χ3n) is 3.32. The molecule has 1 saturated heterocycles. The van der Waals surface area contributed by atoms with Crippen LogP contribution in [0.5, 0.6) is 0 Å². The van der Waals surface area contributed by atoms with E-state index in [9.17, 15) is 4.79 Å². The van der Waals surface area contributed by atoms with Gasteiger partial charge in [-0.15, -0.1) is 0 Å². The minimum atomic E-state index is -0.389. The summed E-state index contributed by atoms with van der Waals surface area (Å²) in [5, 5.41) is 6.37. The van der Waals surface area contributed by atoms with Crippen LogP contribution < -0.4 is 10.6 Å². The van der Waals surface area contributed by atoms with Crippen LogP contribution >= 0.6 is 0 Å². The molecule has 0 bridgehead atoms. The van der Waals surface area contributed by atoms with Crippen molar-refractivity contribution in [2.45, 2.75) is 51.1 Å². The molecule has 4 nitrogen and oxygen atoms in total. The van der Waals surface area contributed by atoms with E-state index in [1.54, 1.807) is 7.11 Å². The van der Waals surface area contributed by atoms with Crippen LogP contribution in [0.4, 0.5) is 0 Å². The summed E-state index contributed by atoms with van der Waals surface area (Å²) in [5.41, 5.74) is -0.389. The molecule has 0 radical (unpaired) electrons. The molecule has 2 unspecified atom stereocenters. The van der Waals surface area contributed by atoms with E-state index in [0.29, 0.717) is 6.61 Å². The van der Waals surface area contributed by atoms with Gasteiger partial charge in [0.2, 0.25) is 5.91 Å². The van der Waals surface area contributed by atoms with Gasteiger partial charge in [-0.05, 0) is 39.2 Å². The second-order valence-corrected chi connectivity index (χ2v) is 4.75. The van der Waals surface area contributed by atoms with E-state index in [-0.39, 0.29) is 17.5 Å². The molecule has 94 valence electrons. The lowest BCUT2D eigenvalue weighted by molar-refractivity contribution is -0.129. The van der Waals surface area contributed by atoms with Crippen molar-refractivity contribution in [3.63, 3.8) is 0 Å². The van der Waals surface area contributed by atoms with Crippen molar-refractivity contribution in [2.24, 2.45) is 0 Å². The monoisotopic (exact) mass is 228 g/mol. The first kappa shape index (κ1) is 13.5. The minimum absolute atomic E-state index is 0.108. The number of carbonyl (C=O) groups is 1. The van der Waals surface area contributed by atoms with Crippen molar-refractivity contribution in [1.82, 2.24) is 10.6 Å². The molecular formula is C12H24N2O2. The Morgan fingerprint density at radius 1 is 1.56 bits per heavy atom. The second-order valence-electron chi connectivity index (χ2n) is 4.75. The highest BCUT2D eigenvalue weighted by molar-refractivity contribution is 5.86. The van der Waals surface area contributed by atoms with E-state index in [2.05, 4.69) is 17.6 Å². The van der Waals surface area contributed by atoms with E-state index in [4.69, 9.17) is 4.74 Å². The molecule has 1 amide bonds. The Kier molecular flexibility index (Phi) is 5.22. The number of amides is 1. The van der Waals surface area contributed by atoms with Crippen LogP contribution in [-0.2, 0) is 9.53 Å². The Hall–Kier alpha value is -0.610. The topological polar surface area (TPSA) is 50.4 Å². The number of rotatable bonds is 5. The van der Waals surface area contributed by atoms with Gasteiger partial charge in [-0.3, -0.25) is 4.79 Å². The van der Waals surface area contributed by atoms with Crippen LogP contribution in [0.3, 0.4) is 0 Å². The summed E-state index contributed by atoms with van der Waals surface area (Å²) < 4.78 is 5.08. The largest absolute Gasteiger partial charge is 0.383 e. The van der Waals surface area contributed by atoms with Gasteiger partial charge in [0.1, 0.15) is 0 Å². The van der Waals surface area contributed by atoms with Gasteiger partial charge in [-0.1, -0.05) is 6.92 Å². The van der Waals surface area contributed by atoms with Crippen LogP contribution in [-0.4, -0.2) is 37.7 Å². The first-order chi connectivity index (χ1) is 7.62. The van der Waals surface area contributed by atoms with Gasteiger partial charge in [0.25, 0.3) is 0 Å². The Balaban J connectivity index is 2.48. The average Bonchev–Trinajstić information content (AvgIpc) is 2.29. The average molecular weight is 228 g/mol. The highest BCUT2D eigenvalue weighted by atomic mass is 16.5. The Labute approximate surface area is 98.1 Å². The van der Waals surface area contributed by atoms with Crippen LogP contribution in [0.1, 0.15) is 39.5 Å². The fourth-order valence-electron chi connectivity index (χ4n) is 2.06. The number of hydrogen-bond donors (Lipinski definition) is 2. The highest BCUT2D eigenvalue weighted by Gasteiger charge is 2.34. The third-order valence-corrected chi connectivity index (χ3v) is 3.32. The predicted octanol–water partition coefficient (Wildman–Crippen LogP) is 1.06. The molecule has 1 aliphatic rings. The molecule has 0 aromatic rings. The zero-order chi connectivity index (χ0) is 12.0. The van der Waals surface area contributed by atoms with Gasteiger partial charge in [-0.25, -0.2) is 0 Å². The summed E-state index contributed by atoms with van der Waals surface area (Å²) in [7, 11) is 1.66. The van der Waals surface area contributed by atoms with Gasteiger partial charge in [0.15, 0.2) is 0 Å². The van der Waals surface area contributed by atoms with Crippen molar-refractivity contribution in [1.29, 1.82) is 0 Å². The van der Waals surface area contributed by atoms with Gasteiger partial charge in [-0.2, -0.15) is 0 Å². The third kappa shape index (κ3) is 3.46. The summed E-state index contributed by atoms with van der Waals surface area (Å²) in [5.74, 6) is 0.108. The molecule has 0 saturated carbocycles. The lowest BCUT2D eigenvalue weighted by atomic mass is 9.90. The number of carbonyl (C=O) groups excluding carboxylic acids is 1. The van der Waals surface area contributed by atoms with Gasteiger partial charge < -0.3 is 15.4 Å². The quantitative estimate of drug-likeness (QED) is 0.740. The Bertz CT molecular complexity index is 225. The lowest BCUT2D eigenvalue weighted by Gasteiger charge is -2.34. The summed E-state index contributed by atoms with van der Waals surface area (Å²) in [6.45, 7) is 5.56.